The Hall–Kier alpha value is -3.00. The number of aromatic nitrogens is 3. The third kappa shape index (κ3) is 2.25. The number of aromatic hydroxyl groups is 1. The standard InChI is InChI=1S/C17H18N4O4/c1-21-16(23)12(15(22)20-17(21)24)14-13-9(5-6-18-14)10-7-8(25-2)3-4-11(10)19-13/h3-4,7,14,18-19,23H,5-6H2,1-2H3,(H,20,22,24)/p+1/t14-/m1/s1. The van der Waals surface area contributed by atoms with Crippen LogP contribution in [0.15, 0.2) is 27.8 Å². The molecule has 0 saturated carbocycles. The summed E-state index contributed by atoms with van der Waals surface area (Å²) < 4.78 is 6.35. The van der Waals surface area contributed by atoms with E-state index in [0.717, 1.165) is 45.4 Å². The van der Waals surface area contributed by atoms with Crippen LogP contribution in [0, 0.1) is 0 Å². The number of ether oxygens (including phenoxy) is 1. The molecule has 0 radical (unpaired) electrons. The number of fused-ring (bicyclic) bond motifs is 3. The van der Waals surface area contributed by atoms with Crippen LogP contribution in [0.2, 0.25) is 0 Å². The lowest BCUT2D eigenvalue weighted by molar-refractivity contribution is -0.690. The van der Waals surface area contributed by atoms with Crippen molar-refractivity contribution in [3.63, 3.8) is 0 Å². The van der Waals surface area contributed by atoms with Crippen LogP contribution in [-0.4, -0.2) is 33.3 Å². The number of methoxy groups -OCH3 is 1. The third-order valence-electron chi connectivity index (χ3n) is 4.89. The van der Waals surface area contributed by atoms with Crippen LogP contribution < -0.4 is 21.3 Å². The van der Waals surface area contributed by atoms with Gasteiger partial charge in [-0.2, -0.15) is 0 Å². The second-order valence-corrected chi connectivity index (χ2v) is 6.24. The fraction of sp³-hybridized carbons (Fsp3) is 0.294. The number of nitrogens with one attached hydrogen (secondary N) is 2. The van der Waals surface area contributed by atoms with Crippen LogP contribution in [0.3, 0.4) is 0 Å². The van der Waals surface area contributed by atoms with Gasteiger partial charge in [-0.05, 0) is 23.8 Å². The van der Waals surface area contributed by atoms with E-state index in [1.807, 2.05) is 23.5 Å². The SMILES string of the molecule is COc1ccc2[nH]c3c(c2c1)CC[NH2+][C@@H]3c1c(O)n(C)c(=O)[nH]c1=O. The molecule has 3 heterocycles. The van der Waals surface area contributed by atoms with Crippen molar-refractivity contribution in [2.75, 3.05) is 13.7 Å². The Balaban J connectivity index is 1.96. The first-order valence-electron chi connectivity index (χ1n) is 8.05. The molecule has 1 atom stereocenters. The van der Waals surface area contributed by atoms with E-state index in [4.69, 9.17) is 4.74 Å². The van der Waals surface area contributed by atoms with E-state index < -0.39 is 17.3 Å². The minimum Gasteiger partial charge on any atom is -0.497 e. The molecule has 4 rings (SSSR count). The minimum absolute atomic E-state index is 0.182. The molecule has 8 heteroatoms. The maximum atomic E-state index is 12.4. The van der Waals surface area contributed by atoms with Crippen LogP contribution in [0.25, 0.3) is 10.9 Å². The van der Waals surface area contributed by atoms with Crippen LogP contribution in [0.1, 0.15) is 22.9 Å². The van der Waals surface area contributed by atoms with Crippen molar-refractivity contribution in [2.45, 2.75) is 12.5 Å². The molecule has 3 aromatic rings. The first kappa shape index (κ1) is 15.5. The number of aromatic amines is 2. The molecule has 1 aliphatic rings. The van der Waals surface area contributed by atoms with Crippen LogP contribution in [-0.2, 0) is 13.5 Å². The predicted octanol–water partition coefficient (Wildman–Crippen LogP) is -0.522. The van der Waals surface area contributed by atoms with Gasteiger partial charge in [-0.1, -0.05) is 0 Å². The zero-order chi connectivity index (χ0) is 17.7. The Morgan fingerprint density at radius 2 is 2.12 bits per heavy atom. The number of nitrogens with zero attached hydrogens (tertiary/aromatic N) is 1. The number of benzene rings is 1. The summed E-state index contributed by atoms with van der Waals surface area (Å²) in [6, 6.07) is 5.38. The number of hydrogen-bond donors (Lipinski definition) is 4. The highest BCUT2D eigenvalue weighted by atomic mass is 16.5. The molecule has 1 aliphatic heterocycles. The molecule has 5 N–H and O–H groups in total. The van der Waals surface area contributed by atoms with E-state index in [-0.39, 0.29) is 11.4 Å². The molecule has 0 amide bonds. The molecule has 1 aromatic carbocycles. The number of nitrogens with two attached hydrogens (primary N) is 1. The van der Waals surface area contributed by atoms with Gasteiger partial charge in [0.1, 0.15) is 11.3 Å². The summed E-state index contributed by atoms with van der Waals surface area (Å²) in [7, 11) is 3.05. The van der Waals surface area contributed by atoms with Crippen molar-refractivity contribution in [1.82, 2.24) is 14.5 Å². The molecular weight excluding hydrogens is 324 g/mol. The Labute approximate surface area is 142 Å². The first-order valence-corrected chi connectivity index (χ1v) is 8.05. The second kappa shape index (κ2) is 5.52. The Bertz CT molecular complexity index is 1090. The monoisotopic (exact) mass is 343 g/mol. The molecule has 0 fully saturated rings. The van der Waals surface area contributed by atoms with Gasteiger partial charge in [0.25, 0.3) is 5.56 Å². The highest BCUT2D eigenvalue weighted by Gasteiger charge is 2.33. The van der Waals surface area contributed by atoms with Crippen molar-refractivity contribution in [1.29, 1.82) is 0 Å². The highest BCUT2D eigenvalue weighted by molar-refractivity contribution is 5.86. The summed E-state index contributed by atoms with van der Waals surface area (Å²) in [5, 5.41) is 13.4. The molecule has 2 aromatic heterocycles. The summed E-state index contributed by atoms with van der Waals surface area (Å²) in [5.41, 5.74) is 1.91. The van der Waals surface area contributed by atoms with Crippen molar-refractivity contribution in [2.24, 2.45) is 7.05 Å². The van der Waals surface area contributed by atoms with Crippen LogP contribution >= 0.6 is 0 Å². The second-order valence-electron chi connectivity index (χ2n) is 6.24. The van der Waals surface area contributed by atoms with Gasteiger partial charge >= 0.3 is 5.69 Å². The highest BCUT2D eigenvalue weighted by Crippen LogP contribution is 2.33. The third-order valence-corrected chi connectivity index (χ3v) is 4.89. The lowest BCUT2D eigenvalue weighted by Crippen LogP contribution is -2.87. The average molecular weight is 343 g/mol. The predicted molar refractivity (Wildman–Crippen MR) is 91.2 cm³/mol. The van der Waals surface area contributed by atoms with E-state index in [9.17, 15) is 14.7 Å². The topological polar surface area (TPSA) is 117 Å². The molecule has 0 spiro atoms. The molecule has 130 valence electrons. The van der Waals surface area contributed by atoms with Gasteiger partial charge in [-0.3, -0.25) is 14.3 Å². The fourth-order valence-electron chi connectivity index (χ4n) is 3.59. The van der Waals surface area contributed by atoms with Gasteiger partial charge in [0.15, 0.2) is 6.04 Å². The fourth-order valence-corrected chi connectivity index (χ4v) is 3.59. The molecule has 0 bridgehead atoms. The van der Waals surface area contributed by atoms with Gasteiger partial charge < -0.3 is 20.1 Å². The number of H-pyrrole nitrogens is 2. The summed E-state index contributed by atoms with van der Waals surface area (Å²) >= 11 is 0. The quantitative estimate of drug-likeness (QED) is 0.501. The van der Waals surface area contributed by atoms with E-state index in [2.05, 4.69) is 9.97 Å². The molecule has 8 nitrogen and oxygen atoms in total. The molecular formula is C17H19N4O4+. The van der Waals surface area contributed by atoms with Crippen molar-refractivity contribution >= 4 is 10.9 Å². The normalized spacial score (nSPS) is 16.8. The minimum atomic E-state index is -0.635. The molecule has 0 aliphatic carbocycles. The van der Waals surface area contributed by atoms with E-state index in [0.29, 0.717) is 0 Å². The summed E-state index contributed by atoms with van der Waals surface area (Å²) in [6.07, 6.45) is 0.837. The zero-order valence-corrected chi connectivity index (χ0v) is 13.9. The van der Waals surface area contributed by atoms with Crippen molar-refractivity contribution in [3.05, 3.63) is 55.9 Å². The summed E-state index contributed by atoms with van der Waals surface area (Å²) in [5.74, 6) is 0.460. The van der Waals surface area contributed by atoms with Gasteiger partial charge in [-0.15, -0.1) is 0 Å². The van der Waals surface area contributed by atoms with E-state index >= 15 is 0 Å². The van der Waals surface area contributed by atoms with E-state index in [1.54, 1.807) is 7.11 Å². The van der Waals surface area contributed by atoms with Crippen molar-refractivity contribution in [3.8, 4) is 11.6 Å². The molecule has 25 heavy (non-hydrogen) atoms. The van der Waals surface area contributed by atoms with Gasteiger partial charge in [0, 0.05) is 24.4 Å². The maximum Gasteiger partial charge on any atom is 0.330 e. The Morgan fingerprint density at radius 1 is 1.32 bits per heavy atom. The van der Waals surface area contributed by atoms with Crippen LogP contribution in [0.5, 0.6) is 11.6 Å². The van der Waals surface area contributed by atoms with E-state index in [1.165, 1.54) is 7.05 Å². The van der Waals surface area contributed by atoms with Crippen molar-refractivity contribution < 1.29 is 15.2 Å². The largest absolute Gasteiger partial charge is 0.497 e. The summed E-state index contributed by atoms with van der Waals surface area (Å²) in [6.45, 7) is 0.767. The van der Waals surface area contributed by atoms with Gasteiger partial charge in [0.05, 0.1) is 19.3 Å². The van der Waals surface area contributed by atoms with Gasteiger partial charge in [-0.25, -0.2) is 4.79 Å². The maximum absolute atomic E-state index is 12.4. The molecule has 0 unspecified atom stereocenters. The lowest BCUT2D eigenvalue weighted by Gasteiger charge is -2.21. The Kier molecular flexibility index (Phi) is 3.43. The summed E-state index contributed by atoms with van der Waals surface area (Å²) in [4.78, 5) is 29.7. The zero-order valence-electron chi connectivity index (χ0n) is 13.9. The Morgan fingerprint density at radius 3 is 2.88 bits per heavy atom. The smallest absolute Gasteiger partial charge is 0.330 e. The number of hydrogen-bond acceptors (Lipinski definition) is 4. The number of rotatable bonds is 2. The van der Waals surface area contributed by atoms with Crippen LogP contribution in [0.4, 0.5) is 0 Å². The van der Waals surface area contributed by atoms with Gasteiger partial charge in [0.2, 0.25) is 5.88 Å². The number of quaternary nitrogens is 1. The molecule has 0 saturated heterocycles. The average Bonchev–Trinajstić information content (AvgIpc) is 2.98. The lowest BCUT2D eigenvalue weighted by atomic mass is 9.95. The first-order chi connectivity index (χ1) is 12.0.